The minimum atomic E-state index is -0.775. The highest BCUT2D eigenvalue weighted by atomic mass is 35.5. The minimum Gasteiger partial charge on any atom is -0.494 e. The molecule has 0 amide bonds. The Balaban J connectivity index is 0.00000133. The van der Waals surface area contributed by atoms with Crippen molar-refractivity contribution in [3.05, 3.63) is 136 Å². The van der Waals surface area contributed by atoms with Gasteiger partial charge in [0.05, 0.1) is 32.0 Å². The molecule has 1 aliphatic rings. The van der Waals surface area contributed by atoms with E-state index >= 15 is 0 Å². The van der Waals surface area contributed by atoms with Crippen LogP contribution >= 0.6 is 20.8 Å². The number of rotatable bonds is 12. The van der Waals surface area contributed by atoms with Gasteiger partial charge in [-0.1, -0.05) is 117 Å². The second-order valence-corrected chi connectivity index (χ2v) is 10.6. The van der Waals surface area contributed by atoms with Crippen molar-refractivity contribution in [1.82, 2.24) is 0 Å². The van der Waals surface area contributed by atoms with Gasteiger partial charge in [-0.05, 0) is 59.4 Å². The SMILES string of the molecule is CC.CCOc1ccc(Cc2cc(C3CC(OCc4ccccc4)[C@H](OCc4ccccc4)C(C=O)O3)ccc2Cl)cc1.CP. The van der Waals surface area contributed by atoms with Crippen molar-refractivity contribution in [2.24, 2.45) is 0 Å². The molecule has 5 atom stereocenters. The predicted molar refractivity (Wildman–Crippen MR) is 187 cm³/mol. The Morgan fingerprint density at radius 1 is 0.822 bits per heavy atom. The first kappa shape index (κ1) is 36.4. The fourth-order valence-electron chi connectivity index (χ4n) is 5.13. The molecule has 4 unspecified atom stereocenters. The smallest absolute Gasteiger partial charge is 0.151 e. The normalized spacial score (nSPS) is 18.9. The average Bonchev–Trinajstić information content (AvgIpc) is 3.11. The topological polar surface area (TPSA) is 54.0 Å². The third-order valence-corrected chi connectivity index (χ3v) is 7.62. The van der Waals surface area contributed by atoms with Crippen molar-refractivity contribution in [2.45, 2.75) is 71.2 Å². The van der Waals surface area contributed by atoms with Crippen LogP contribution in [0.25, 0.3) is 0 Å². The fourth-order valence-corrected chi connectivity index (χ4v) is 5.32. The van der Waals surface area contributed by atoms with Gasteiger partial charge >= 0.3 is 0 Å². The molecule has 5 rings (SSSR count). The lowest BCUT2D eigenvalue weighted by Gasteiger charge is -2.40. The van der Waals surface area contributed by atoms with Crippen molar-refractivity contribution in [1.29, 1.82) is 0 Å². The Hall–Kier alpha value is -3.05. The maximum atomic E-state index is 12.3. The van der Waals surface area contributed by atoms with Crippen molar-refractivity contribution in [2.75, 3.05) is 13.3 Å². The van der Waals surface area contributed by atoms with Crippen molar-refractivity contribution in [3.63, 3.8) is 0 Å². The molecule has 240 valence electrons. The van der Waals surface area contributed by atoms with Gasteiger partial charge in [0.2, 0.25) is 0 Å². The Morgan fingerprint density at radius 3 is 2.00 bits per heavy atom. The van der Waals surface area contributed by atoms with Crippen LogP contribution in [-0.2, 0) is 38.6 Å². The van der Waals surface area contributed by atoms with Gasteiger partial charge in [0.15, 0.2) is 6.29 Å². The average molecular weight is 649 g/mol. The molecule has 0 aliphatic carbocycles. The van der Waals surface area contributed by atoms with Crippen LogP contribution in [0.15, 0.2) is 103 Å². The molecular formula is C38H46ClO5P. The lowest BCUT2D eigenvalue weighted by Crippen LogP contribution is -2.49. The Bertz CT molecular complexity index is 1380. The second-order valence-electron chi connectivity index (χ2n) is 10.2. The zero-order valence-corrected chi connectivity index (χ0v) is 28.6. The molecule has 1 aliphatic heterocycles. The van der Waals surface area contributed by atoms with E-state index in [9.17, 15) is 4.79 Å². The van der Waals surface area contributed by atoms with Crippen LogP contribution < -0.4 is 4.74 Å². The summed E-state index contributed by atoms with van der Waals surface area (Å²) in [5.74, 6) is 0.845. The molecule has 0 spiro atoms. The van der Waals surface area contributed by atoms with Crippen molar-refractivity contribution >= 4 is 27.1 Å². The van der Waals surface area contributed by atoms with E-state index < -0.39 is 12.2 Å². The maximum Gasteiger partial charge on any atom is 0.151 e. The third kappa shape index (κ3) is 11.1. The van der Waals surface area contributed by atoms with Gasteiger partial charge in [0.25, 0.3) is 0 Å². The third-order valence-electron chi connectivity index (χ3n) is 7.25. The van der Waals surface area contributed by atoms with E-state index in [2.05, 4.69) is 27.4 Å². The Morgan fingerprint density at radius 2 is 1.42 bits per heavy atom. The summed E-state index contributed by atoms with van der Waals surface area (Å²) in [4.78, 5) is 12.3. The van der Waals surface area contributed by atoms with E-state index in [1.807, 2.05) is 112 Å². The van der Waals surface area contributed by atoms with Gasteiger partial charge in [-0.25, -0.2) is 0 Å². The van der Waals surface area contributed by atoms with Crippen molar-refractivity contribution in [3.8, 4) is 5.75 Å². The van der Waals surface area contributed by atoms with E-state index in [0.29, 0.717) is 37.7 Å². The minimum absolute atomic E-state index is 0.348. The van der Waals surface area contributed by atoms with Crippen LogP contribution in [0.3, 0.4) is 0 Å². The summed E-state index contributed by atoms with van der Waals surface area (Å²) in [5.41, 5.74) is 5.16. The Labute approximate surface area is 276 Å². The Kier molecular flexibility index (Phi) is 16.3. The van der Waals surface area contributed by atoms with Gasteiger partial charge < -0.3 is 23.7 Å². The van der Waals surface area contributed by atoms with Crippen LogP contribution in [0.4, 0.5) is 0 Å². The maximum absolute atomic E-state index is 12.3. The van der Waals surface area contributed by atoms with E-state index in [-0.39, 0.29) is 12.2 Å². The molecule has 0 bridgehead atoms. The first-order chi connectivity index (χ1) is 22.1. The predicted octanol–water partition coefficient (Wildman–Crippen LogP) is 9.05. The zero-order chi connectivity index (χ0) is 32.4. The number of halogens is 1. The highest BCUT2D eigenvalue weighted by molar-refractivity contribution is 7.15. The lowest BCUT2D eigenvalue weighted by atomic mass is 9.92. The number of benzene rings is 4. The molecule has 1 heterocycles. The number of hydrogen-bond acceptors (Lipinski definition) is 5. The summed E-state index contributed by atoms with van der Waals surface area (Å²) in [7, 11) is 2.42. The molecular weight excluding hydrogens is 603 g/mol. The van der Waals surface area contributed by atoms with Gasteiger partial charge in [-0.3, -0.25) is 0 Å². The van der Waals surface area contributed by atoms with E-state index in [1.165, 1.54) is 0 Å². The molecule has 5 nitrogen and oxygen atoms in total. The molecule has 0 saturated carbocycles. The van der Waals surface area contributed by atoms with Crippen LogP contribution in [0, 0.1) is 0 Å². The standard InChI is InChI=1S/C35H35ClO5.C2H6.CH5P/c1-2-38-30-16-13-25(14-17-30)19-29-20-28(15-18-31(29)36)32-21-33(39-23-26-9-5-3-6-10-26)35(34(22-37)41-32)40-24-27-11-7-4-8-12-27;2*1-2/h3-18,20,22,32-35H,2,19,21,23-24H2,1H3;1-2H3;2H2,1H3/t32?,33?,34?,35-;;/m0../s1. The number of carbonyl (C=O) groups is 1. The summed E-state index contributed by atoms with van der Waals surface area (Å²) < 4.78 is 24.7. The van der Waals surface area contributed by atoms with E-state index in [0.717, 1.165) is 39.9 Å². The molecule has 1 saturated heterocycles. The van der Waals surface area contributed by atoms with E-state index in [1.54, 1.807) is 0 Å². The van der Waals surface area contributed by atoms with Crippen LogP contribution in [0.2, 0.25) is 5.02 Å². The molecule has 1 fully saturated rings. The summed E-state index contributed by atoms with van der Waals surface area (Å²) in [5, 5.41) is 0.686. The van der Waals surface area contributed by atoms with E-state index in [4.69, 9.17) is 30.5 Å². The first-order valence-electron chi connectivity index (χ1n) is 15.6. The quantitative estimate of drug-likeness (QED) is 0.113. The number of aldehydes is 1. The summed E-state index contributed by atoms with van der Waals surface area (Å²) in [6.45, 7) is 9.29. The van der Waals surface area contributed by atoms with Crippen LogP contribution in [-0.4, -0.2) is 37.9 Å². The van der Waals surface area contributed by atoms with Crippen LogP contribution in [0.1, 0.15) is 61.1 Å². The first-order valence-corrected chi connectivity index (χ1v) is 17.2. The summed E-state index contributed by atoms with van der Waals surface area (Å²) in [6.07, 6.45) is 0.0291. The fraction of sp³-hybridized carbons (Fsp3) is 0.342. The number of ether oxygens (including phenoxy) is 4. The second kappa shape index (κ2) is 20.2. The highest BCUT2D eigenvalue weighted by Crippen LogP contribution is 2.36. The van der Waals surface area contributed by atoms with Gasteiger partial charge in [-0.2, -0.15) is 0 Å². The molecule has 0 radical (unpaired) electrons. The van der Waals surface area contributed by atoms with Crippen LogP contribution in [0.5, 0.6) is 5.75 Å². The monoisotopic (exact) mass is 648 g/mol. The molecule has 0 aromatic heterocycles. The zero-order valence-electron chi connectivity index (χ0n) is 26.7. The number of hydrogen-bond donors (Lipinski definition) is 0. The highest BCUT2D eigenvalue weighted by Gasteiger charge is 2.41. The van der Waals surface area contributed by atoms with Gasteiger partial charge in [0, 0.05) is 11.4 Å². The molecule has 0 N–H and O–H groups in total. The molecule has 7 heteroatoms. The summed E-state index contributed by atoms with van der Waals surface area (Å²) in [6, 6.07) is 33.9. The molecule has 4 aromatic carbocycles. The lowest BCUT2D eigenvalue weighted by molar-refractivity contribution is -0.204. The largest absolute Gasteiger partial charge is 0.494 e. The molecule has 45 heavy (non-hydrogen) atoms. The summed E-state index contributed by atoms with van der Waals surface area (Å²) >= 11 is 6.62. The van der Waals surface area contributed by atoms with Crippen molar-refractivity contribution < 1.29 is 23.7 Å². The molecule has 4 aromatic rings. The number of carbonyl (C=O) groups excluding carboxylic acids is 1. The van der Waals surface area contributed by atoms with Gasteiger partial charge in [-0.15, -0.1) is 9.24 Å². The van der Waals surface area contributed by atoms with Gasteiger partial charge in [0.1, 0.15) is 18.0 Å².